The minimum atomic E-state index is -4.27. The monoisotopic (exact) mass is 299 g/mol. The Kier molecular flexibility index (Phi) is 4.01. The Hall–Kier alpha value is -0.560. The number of nitrogens with two attached hydrogens (primary N) is 1. The van der Waals surface area contributed by atoms with Gasteiger partial charge < -0.3 is 5.73 Å². The molecule has 3 nitrogen and oxygen atoms in total. The molecule has 0 fully saturated rings. The smallest absolute Gasteiger partial charge is 0.322 e. The van der Waals surface area contributed by atoms with Gasteiger partial charge in [0.1, 0.15) is 0 Å². The average Bonchev–Trinajstić information content (AvgIpc) is 2.43. The molecule has 0 aliphatic heterocycles. The number of hydrogen-bond acceptors (Lipinski definition) is 2. The first kappa shape index (κ1) is 13.5. The highest BCUT2D eigenvalue weighted by atomic mass is 79.9. The Labute approximate surface area is 99.9 Å². The van der Waals surface area contributed by atoms with E-state index in [1.165, 1.54) is 10.9 Å². The molecule has 1 heterocycles. The van der Waals surface area contributed by atoms with Gasteiger partial charge in [-0.3, -0.25) is 4.68 Å². The third-order valence-electron chi connectivity index (χ3n) is 2.08. The number of nitrogens with zero attached hydrogens (tertiary/aromatic N) is 2. The summed E-state index contributed by atoms with van der Waals surface area (Å²) in [6, 6.07) is -1.13. The Bertz CT molecular complexity index is 359. The maximum Gasteiger partial charge on any atom is 0.390 e. The lowest BCUT2D eigenvalue weighted by atomic mass is 10.1. The molecule has 1 aromatic heterocycles. The van der Waals surface area contributed by atoms with E-state index in [1.54, 1.807) is 0 Å². The number of halogens is 4. The van der Waals surface area contributed by atoms with Crippen LogP contribution in [0.15, 0.2) is 10.7 Å². The Morgan fingerprint density at radius 1 is 1.50 bits per heavy atom. The summed E-state index contributed by atoms with van der Waals surface area (Å²) in [5, 5.41) is 3.99. The zero-order chi connectivity index (χ0) is 12.5. The van der Waals surface area contributed by atoms with E-state index in [2.05, 4.69) is 21.0 Å². The third-order valence-corrected chi connectivity index (χ3v) is 2.69. The SMILES string of the molecule is CC(C)n1ncc(Br)c1C(N)CC(F)(F)F. The number of rotatable bonds is 3. The van der Waals surface area contributed by atoms with Crippen LogP contribution in [0.4, 0.5) is 13.2 Å². The van der Waals surface area contributed by atoms with E-state index in [-0.39, 0.29) is 6.04 Å². The van der Waals surface area contributed by atoms with E-state index in [1.807, 2.05) is 13.8 Å². The first-order valence-corrected chi connectivity index (χ1v) is 5.57. The van der Waals surface area contributed by atoms with Crippen molar-refractivity contribution in [1.82, 2.24) is 9.78 Å². The molecule has 7 heteroatoms. The summed E-state index contributed by atoms with van der Waals surface area (Å²) in [5.74, 6) is 0. The van der Waals surface area contributed by atoms with Gasteiger partial charge in [-0.2, -0.15) is 18.3 Å². The maximum absolute atomic E-state index is 12.2. The van der Waals surface area contributed by atoms with Gasteiger partial charge in [0.2, 0.25) is 0 Å². The molecule has 16 heavy (non-hydrogen) atoms. The highest BCUT2D eigenvalue weighted by Gasteiger charge is 2.33. The second-order valence-electron chi connectivity index (χ2n) is 3.84. The second kappa shape index (κ2) is 4.75. The summed E-state index contributed by atoms with van der Waals surface area (Å²) < 4.78 is 38.7. The topological polar surface area (TPSA) is 43.8 Å². The minimum Gasteiger partial charge on any atom is -0.322 e. The van der Waals surface area contributed by atoms with Crippen LogP contribution in [0.1, 0.15) is 38.0 Å². The molecule has 0 amide bonds. The molecule has 92 valence electrons. The molecule has 0 bridgehead atoms. The molecule has 0 spiro atoms. The van der Waals surface area contributed by atoms with E-state index < -0.39 is 18.6 Å². The largest absolute Gasteiger partial charge is 0.390 e. The van der Waals surface area contributed by atoms with Gasteiger partial charge in [-0.1, -0.05) is 0 Å². The van der Waals surface area contributed by atoms with Crippen molar-refractivity contribution in [1.29, 1.82) is 0 Å². The maximum atomic E-state index is 12.2. The fourth-order valence-electron chi connectivity index (χ4n) is 1.46. The van der Waals surface area contributed by atoms with Gasteiger partial charge in [-0.05, 0) is 29.8 Å². The molecular weight excluding hydrogens is 287 g/mol. The van der Waals surface area contributed by atoms with Crippen molar-refractivity contribution in [2.24, 2.45) is 5.73 Å². The van der Waals surface area contributed by atoms with Crippen LogP contribution in [0, 0.1) is 0 Å². The summed E-state index contributed by atoms with van der Waals surface area (Å²) in [6.07, 6.45) is -3.86. The first-order chi connectivity index (χ1) is 7.22. The van der Waals surface area contributed by atoms with E-state index in [4.69, 9.17) is 5.73 Å². The van der Waals surface area contributed by atoms with Crippen molar-refractivity contribution in [3.8, 4) is 0 Å². The highest BCUT2D eigenvalue weighted by molar-refractivity contribution is 9.10. The van der Waals surface area contributed by atoms with Crippen LogP contribution in [0.5, 0.6) is 0 Å². The van der Waals surface area contributed by atoms with E-state index in [0.29, 0.717) is 10.2 Å². The molecule has 0 aliphatic rings. The van der Waals surface area contributed by atoms with Gasteiger partial charge >= 0.3 is 6.18 Å². The molecular formula is C9H13BrF3N3. The molecule has 1 rings (SSSR count). The molecule has 1 unspecified atom stereocenters. The van der Waals surface area contributed by atoms with Gasteiger partial charge in [-0.15, -0.1) is 0 Å². The predicted molar refractivity (Wildman–Crippen MR) is 57.9 cm³/mol. The summed E-state index contributed by atoms with van der Waals surface area (Å²) in [6.45, 7) is 3.67. The summed E-state index contributed by atoms with van der Waals surface area (Å²) in [7, 11) is 0. The lowest BCUT2D eigenvalue weighted by Gasteiger charge is -2.18. The zero-order valence-electron chi connectivity index (χ0n) is 8.92. The molecule has 0 aromatic carbocycles. The van der Waals surface area contributed by atoms with Gasteiger partial charge in [0.05, 0.1) is 28.8 Å². The van der Waals surface area contributed by atoms with Crippen LogP contribution >= 0.6 is 15.9 Å². The lowest BCUT2D eigenvalue weighted by molar-refractivity contribution is -0.138. The number of hydrogen-bond donors (Lipinski definition) is 1. The molecule has 0 saturated carbocycles. The third kappa shape index (κ3) is 3.21. The summed E-state index contributed by atoms with van der Waals surface area (Å²) in [4.78, 5) is 0. The molecule has 0 radical (unpaired) electrons. The van der Waals surface area contributed by atoms with Crippen molar-refractivity contribution in [3.05, 3.63) is 16.4 Å². The molecule has 1 atom stereocenters. The summed E-state index contributed by atoms with van der Waals surface area (Å²) >= 11 is 3.16. The van der Waals surface area contributed by atoms with Crippen molar-refractivity contribution < 1.29 is 13.2 Å². The van der Waals surface area contributed by atoms with E-state index in [0.717, 1.165) is 0 Å². The lowest BCUT2D eigenvalue weighted by Crippen LogP contribution is -2.24. The molecule has 0 saturated heterocycles. The van der Waals surface area contributed by atoms with Crippen molar-refractivity contribution in [2.45, 2.75) is 38.5 Å². The molecule has 2 N–H and O–H groups in total. The predicted octanol–water partition coefficient (Wildman–Crippen LogP) is 3.18. The average molecular weight is 300 g/mol. The van der Waals surface area contributed by atoms with E-state index >= 15 is 0 Å². The number of aromatic nitrogens is 2. The van der Waals surface area contributed by atoms with Gasteiger partial charge in [-0.25, -0.2) is 0 Å². The quantitative estimate of drug-likeness (QED) is 0.931. The fourth-order valence-corrected chi connectivity index (χ4v) is 2.02. The minimum absolute atomic E-state index is 0.0272. The first-order valence-electron chi connectivity index (χ1n) is 4.77. The van der Waals surface area contributed by atoms with Crippen LogP contribution in [0.2, 0.25) is 0 Å². The van der Waals surface area contributed by atoms with Crippen LogP contribution in [0.3, 0.4) is 0 Å². The Morgan fingerprint density at radius 3 is 2.50 bits per heavy atom. The van der Waals surface area contributed by atoms with Gasteiger partial charge in [0, 0.05) is 6.04 Å². The highest BCUT2D eigenvalue weighted by Crippen LogP contribution is 2.32. The normalized spacial score (nSPS) is 14.5. The molecule has 1 aromatic rings. The summed E-state index contributed by atoms with van der Waals surface area (Å²) in [5.41, 5.74) is 5.94. The fraction of sp³-hybridized carbons (Fsp3) is 0.667. The number of alkyl halides is 3. The van der Waals surface area contributed by atoms with Crippen LogP contribution in [-0.4, -0.2) is 16.0 Å². The van der Waals surface area contributed by atoms with E-state index in [9.17, 15) is 13.2 Å². The van der Waals surface area contributed by atoms with Crippen LogP contribution in [0.25, 0.3) is 0 Å². The zero-order valence-corrected chi connectivity index (χ0v) is 10.5. The standard InChI is InChI=1S/C9H13BrF3N3/c1-5(2)16-8(6(10)4-15-16)7(14)3-9(11,12)13/h4-5,7H,3,14H2,1-2H3. The van der Waals surface area contributed by atoms with Gasteiger partial charge in [0.25, 0.3) is 0 Å². The van der Waals surface area contributed by atoms with Crippen molar-refractivity contribution in [2.75, 3.05) is 0 Å². The van der Waals surface area contributed by atoms with Crippen LogP contribution in [-0.2, 0) is 0 Å². The van der Waals surface area contributed by atoms with Crippen molar-refractivity contribution in [3.63, 3.8) is 0 Å². The molecule has 0 aliphatic carbocycles. The van der Waals surface area contributed by atoms with Gasteiger partial charge in [0.15, 0.2) is 0 Å². The van der Waals surface area contributed by atoms with Crippen LogP contribution < -0.4 is 5.73 Å². The second-order valence-corrected chi connectivity index (χ2v) is 4.70. The Morgan fingerprint density at radius 2 is 2.06 bits per heavy atom. The Balaban J connectivity index is 2.98. The van der Waals surface area contributed by atoms with Crippen molar-refractivity contribution >= 4 is 15.9 Å².